The van der Waals surface area contributed by atoms with Crippen LogP contribution in [0.3, 0.4) is 0 Å². The van der Waals surface area contributed by atoms with Crippen LogP contribution in [-0.4, -0.2) is 22.9 Å². The van der Waals surface area contributed by atoms with Crippen molar-refractivity contribution in [2.75, 3.05) is 5.32 Å². The zero-order chi connectivity index (χ0) is 15.3. The van der Waals surface area contributed by atoms with E-state index in [1.807, 2.05) is 24.3 Å². The second-order valence-corrected chi connectivity index (χ2v) is 6.87. The zero-order valence-electron chi connectivity index (χ0n) is 11.9. The molecule has 114 valence electrons. The number of hydrazone groups is 1. The lowest BCUT2D eigenvalue weighted by Crippen LogP contribution is -2.34. The number of rotatable bonds is 3. The van der Waals surface area contributed by atoms with Gasteiger partial charge >= 0.3 is 0 Å². The smallest absolute Gasteiger partial charge is 0.243 e. The molecule has 1 aromatic rings. The van der Waals surface area contributed by atoms with Crippen molar-refractivity contribution in [1.29, 1.82) is 0 Å². The quantitative estimate of drug-likeness (QED) is 0.838. The summed E-state index contributed by atoms with van der Waals surface area (Å²) >= 11 is 5.90. The first-order chi connectivity index (χ1) is 10.6. The van der Waals surface area contributed by atoms with Crippen LogP contribution in [0, 0.1) is 17.8 Å². The molecule has 0 spiro atoms. The summed E-state index contributed by atoms with van der Waals surface area (Å²) < 4.78 is 0. The standard InChI is InChI=1S/C16H16ClN3O2/c17-10-5-9(6-10)15(21)18-11-3-1-8(2-4-11)14-12-7-13(12)16(22)20-19-14/h1-4,9-10,12-13H,5-7H2,(H,18,21)(H,20,22). The highest BCUT2D eigenvalue weighted by molar-refractivity contribution is 6.21. The van der Waals surface area contributed by atoms with Gasteiger partial charge in [-0.3, -0.25) is 9.59 Å². The number of alkyl halides is 1. The molecule has 0 saturated heterocycles. The average Bonchev–Trinajstić information content (AvgIpc) is 3.27. The second-order valence-electron chi connectivity index (χ2n) is 6.25. The fourth-order valence-corrected chi connectivity index (χ4v) is 3.51. The minimum Gasteiger partial charge on any atom is -0.326 e. The van der Waals surface area contributed by atoms with Crippen molar-refractivity contribution in [2.45, 2.75) is 24.6 Å². The minimum atomic E-state index is 0.0238. The van der Waals surface area contributed by atoms with Gasteiger partial charge in [0.1, 0.15) is 0 Å². The molecule has 2 N–H and O–H groups in total. The fourth-order valence-electron chi connectivity index (χ4n) is 3.08. The number of anilines is 1. The number of carbonyl (C=O) groups is 2. The molecule has 2 amide bonds. The number of hydrogen-bond acceptors (Lipinski definition) is 3. The molecule has 0 bridgehead atoms. The summed E-state index contributed by atoms with van der Waals surface area (Å²) in [7, 11) is 0. The Hall–Kier alpha value is -1.88. The van der Waals surface area contributed by atoms with E-state index in [1.165, 1.54) is 0 Å². The van der Waals surface area contributed by atoms with Gasteiger partial charge in [0.25, 0.3) is 0 Å². The van der Waals surface area contributed by atoms with E-state index in [-0.39, 0.29) is 34.9 Å². The Balaban J connectivity index is 1.43. The molecule has 0 aromatic heterocycles. The summed E-state index contributed by atoms with van der Waals surface area (Å²) in [6.07, 6.45) is 2.39. The lowest BCUT2D eigenvalue weighted by molar-refractivity contribution is -0.123. The van der Waals surface area contributed by atoms with Crippen molar-refractivity contribution in [2.24, 2.45) is 22.9 Å². The topological polar surface area (TPSA) is 70.6 Å². The lowest BCUT2D eigenvalue weighted by Gasteiger charge is -2.29. The van der Waals surface area contributed by atoms with E-state index >= 15 is 0 Å². The molecule has 3 aliphatic rings. The summed E-state index contributed by atoms with van der Waals surface area (Å²) in [6.45, 7) is 0. The molecule has 2 unspecified atom stereocenters. The van der Waals surface area contributed by atoms with Gasteiger partial charge in [-0.2, -0.15) is 5.10 Å². The van der Waals surface area contributed by atoms with Crippen molar-refractivity contribution in [3.05, 3.63) is 29.8 Å². The Kier molecular flexibility index (Phi) is 3.18. The molecular formula is C16H16ClN3O2. The van der Waals surface area contributed by atoms with Gasteiger partial charge < -0.3 is 5.32 Å². The fraction of sp³-hybridized carbons (Fsp3) is 0.438. The molecule has 2 atom stereocenters. The second kappa shape index (κ2) is 5.09. The Bertz CT molecular complexity index is 664. The maximum Gasteiger partial charge on any atom is 0.243 e. The number of amides is 2. The van der Waals surface area contributed by atoms with Gasteiger partial charge in [0.15, 0.2) is 0 Å². The zero-order valence-corrected chi connectivity index (χ0v) is 12.6. The Labute approximate surface area is 133 Å². The highest BCUT2D eigenvalue weighted by Crippen LogP contribution is 2.43. The summed E-state index contributed by atoms with van der Waals surface area (Å²) in [5.74, 6) is 0.441. The van der Waals surface area contributed by atoms with Crippen LogP contribution in [-0.2, 0) is 9.59 Å². The number of halogens is 1. The van der Waals surface area contributed by atoms with Crippen LogP contribution in [0.4, 0.5) is 5.69 Å². The van der Waals surface area contributed by atoms with Crippen LogP contribution in [0.25, 0.3) is 0 Å². The van der Waals surface area contributed by atoms with Crippen LogP contribution in [0.1, 0.15) is 24.8 Å². The third-order valence-corrected chi connectivity index (χ3v) is 5.02. The molecule has 1 heterocycles. The van der Waals surface area contributed by atoms with Gasteiger partial charge in [-0.05, 0) is 37.0 Å². The number of benzene rings is 1. The lowest BCUT2D eigenvalue weighted by atomic mass is 9.84. The van der Waals surface area contributed by atoms with Crippen molar-refractivity contribution in [1.82, 2.24) is 5.43 Å². The summed E-state index contributed by atoms with van der Waals surface area (Å²) in [4.78, 5) is 23.4. The molecule has 22 heavy (non-hydrogen) atoms. The van der Waals surface area contributed by atoms with Gasteiger partial charge in [-0.15, -0.1) is 11.6 Å². The molecule has 1 aliphatic heterocycles. The van der Waals surface area contributed by atoms with Crippen LogP contribution < -0.4 is 10.7 Å². The van der Waals surface area contributed by atoms with Gasteiger partial charge in [0, 0.05) is 28.8 Å². The number of hydrogen-bond donors (Lipinski definition) is 2. The van der Waals surface area contributed by atoms with Gasteiger partial charge in [-0.25, -0.2) is 5.43 Å². The van der Waals surface area contributed by atoms with Crippen molar-refractivity contribution < 1.29 is 9.59 Å². The number of nitrogens with one attached hydrogen (secondary N) is 2. The van der Waals surface area contributed by atoms with Crippen LogP contribution in [0.5, 0.6) is 0 Å². The normalized spacial score (nSPS) is 32.2. The first-order valence-corrected chi connectivity index (χ1v) is 7.98. The Morgan fingerprint density at radius 3 is 2.59 bits per heavy atom. The van der Waals surface area contributed by atoms with E-state index in [9.17, 15) is 9.59 Å². The molecule has 2 fully saturated rings. The first kappa shape index (κ1) is 13.8. The van der Waals surface area contributed by atoms with Crippen LogP contribution in [0.2, 0.25) is 0 Å². The number of nitrogens with zero attached hydrogens (tertiary/aromatic N) is 1. The van der Waals surface area contributed by atoms with Crippen LogP contribution >= 0.6 is 11.6 Å². The van der Waals surface area contributed by atoms with Crippen LogP contribution in [0.15, 0.2) is 29.4 Å². The summed E-state index contributed by atoms with van der Waals surface area (Å²) in [5.41, 5.74) is 5.28. The maximum absolute atomic E-state index is 12.0. The van der Waals surface area contributed by atoms with E-state index in [0.29, 0.717) is 0 Å². The third-order valence-electron chi connectivity index (χ3n) is 4.66. The summed E-state index contributed by atoms with van der Waals surface area (Å²) in [5, 5.41) is 7.23. The molecule has 6 heteroatoms. The van der Waals surface area contributed by atoms with E-state index in [1.54, 1.807) is 0 Å². The predicted octanol–water partition coefficient (Wildman–Crippen LogP) is 2.11. The molecule has 2 aliphatic carbocycles. The molecule has 0 radical (unpaired) electrons. The number of fused-ring (bicyclic) bond motifs is 1. The Morgan fingerprint density at radius 2 is 1.91 bits per heavy atom. The molecule has 5 nitrogen and oxygen atoms in total. The van der Waals surface area contributed by atoms with E-state index in [2.05, 4.69) is 15.8 Å². The third kappa shape index (κ3) is 2.39. The summed E-state index contributed by atoms with van der Waals surface area (Å²) in [6, 6.07) is 7.62. The molecular weight excluding hydrogens is 302 g/mol. The highest BCUT2D eigenvalue weighted by atomic mass is 35.5. The van der Waals surface area contributed by atoms with Gasteiger partial charge in [-0.1, -0.05) is 12.1 Å². The van der Waals surface area contributed by atoms with Gasteiger partial charge in [0.2, 0.25) is 11.8 Å². The average molecular weight is 318 g/mol. The Morgan fingerprint density at radius 1 is 1.18 bits per heavy atom. The SMILES string of the molecule is O=C(Nc1ccc(C2=NNC(=O)C3CC23)cc1)C1CC(Cl)C1. The van der Waals surface area contributed by atoms with Crippen molar-refractivity contribution in [3.8, 4) is 0 Å². The highest BCUT2D eigenvalue weighted by Gasteiger charge is 2.49. The number of carbonyl (C=O) groups excluding carboxylic acids is 2. The van der Waals surface area contributed by atoms with E-state index in [4.69, 9.17) is 11.6 Å². The molecule has 2 saturated carbocycles. The van der Waals surface area contributed by atoms with Crippen molar-refractivity contribution in [3.63, 3.8) is 0 Å². The maximum atomic E-state index is 12.0. The molecule has 1 aromatic carbocycles. The predicted molar refractivity (Wildman–Crippen MR) is 83.7 cm³/mol. The first-order valence-electron chi connectivity index (χ1n) is 7.54. The largest absolute Gasteiger partial charge is 0.326 e. The van der Waals surface area contributed by atoms with E-state index in [0.717, 1.165) is 36.2 Å². The molecule has 4 rings (SSSR count). The minimum absolute atomic E-state index is 0.0238. The monoisotopic (exact) mass is 317 g/mol. The van der Waals surface area contributed by atoms with E-state index < -0.39 is 0 Å². The van der Waals surface area contributed by atoms with Crippen molar-refractivity contribution >= 4 is 34.8 Å². The van der Waals surface area contributed by atoms with Gasteiger partial charge in [0.05, 0.1) is 5.71 Å².